The summed E-state index contributed by atoms with van der Waals surface area (Å²) >= 11 is 0. The van der Waals surface area contributed by atoms with Crippen LogP contribution in [-0.4, -0.2) is 41.0 Å². The van der Waals surface area contributed by atoms with E-state index in [1.165, 1.54) is 0 Å². The van der Waals surface area contributed by atoms with Gasteiger partial charge in [0.25, 0.3) is 0 Å². The molecule has 1 aromatic heterocycles. The molecule has 0 aromatic carbocycles. The van der Waals surface area contributed by atoms with Crippen molar-refractivity contribution in [1.29, 1.82) is 5.26 Å². The molecule has 1 aromatic rings. The maximum Gasteiger partial charge on any atom is 0.129 e. The molecule has 1 fully saturated rings. The van der Waals surface area contributed by atoms with Gasteiger partial charge in [0, 0.05) is 18.5 Å². The zero-order chi connectivity index (χ0) is 16.3. The summed E-state index contributed by atoms with van der Waals surface area (Å²) in [6, 6.07) is 4.12. The van der Waals surface area contributed by atoms with Crippen LogP contribution in [0.15, 0.2) is 6.07 Å². The number of aromatic nitrogens is 1. The highest BCUT2D eigenvalue weighted by molar-refractivity contribution is 5.50. The van der Waals surface area contributed by atoms with Crippen molar-refractivity contribution in [3.05, 3.63) is 22.9 Å². The van der Waals surface area contributed by atoms with Crippen LogP contribution in [0.5, 0.6) is 0 Å². The average Bonchev–Trinajstić information content (AvgIpc) is 2.49. The van der Waals surface area contributed by atoms with E-state index in [1.807, 2.05) is 19.9 Å². The maximum absolute atomic E-state index is 10.4. The highest BCUT2D eigenvalue weighted by Gasteiger charge is 2.42. The topological polar surface area (TPSA) is 80.4 Å². The van der Waals surface area contributed by atoms with Crippen LogP contribution in [0.2, 0.25) is 0 Å². The molecule has 120 valence electrons. The zero-order valence-corrected chi connectivity index (χ0v) is 13.6. The molecule has 2 N–H and O–H groups in total. The van der Waals surface area contributed by atoms with Crippen LogP contribution < -0.4 is 4.90 Å². The van der Waals surface area contributed by atoms with E-state index in [2.05, 4.69) is 22.9 Å². The SMILES string of the molecule is CCC[C@@]1(CO)CN(c2cc(C)c(C#N)c(C)n2)CC[C@@H]1O. The van der Waals surface area contributed by atoms with E-state index in [0.717, 1.165) is 29.9 Å². The minimum absolute atomic E-state index is 0.0211. The minimum atomic E-state index is -0.482. The van der Waals surface area contributed by atoms with E-state index >= 15 is 0 Å². The molecule has 2 atom stereocenters. The number of aliphatic hydroxyl groups is 2. The van der Waals surface area contributed by atoms with Crippen LogP contribution in [0.3, 0.4) is 0 Å². The predicted octanol–water partition coefficient (Wildman–Crippen LogP) is 1.92. The Bertz CT molecular complexity index is 559. The van der Waals surface area contributed by atoms with Gasteiger partial charge in [0.05, 0.1) is 24.0 Å². The van der Waals surface area contributed by atoms with Crippen molar-refractivity contribution in [3.8, 4) is 6.07 Å². The van der Waals surface area contributed by atoms with E-state index in [9.17, 15) is 10.2 Å². The van der Waals surface area contributed by atoms with Gasteiger partial charge in [-0.1, -0.05) is 13.3 Å². The van der Waals surface area contributed by atoms with Crippen LogP contribution >= 0.6 is 0 Å². The molecule has 0 radical (unpaired) electrons. The van der Waals surface area contributed by atoms with Crippen molar-refractivity contribution in [1.82, 2.24) is 4.98 Å². The van der Waals surface area contributed by atoms with Gasteiger partial charge >= 0.3 is 0 Å². The lowest BCUT2D eigenvalue weighted by Gasteiger charge is -2.46. The number of pyridine rings is 1. The number of hydrogen-bond acceptors (Lipinski definition) is 5. The van der Waals surface area contributed by atoms with Gasteiger partial charge in [0.15, 0.2) is 0 Å². The number of aryl methyl sites for hydroxylation is 2. The number of anilines is 1. The number of piperidine rings is 1. The number of rotatable bonds is 4. The number of nitrogens with zero attached hydrogens (tertiary/aromatic N) is 3. The number of hydrogen-bond donors (Lipinski definition) is 2. The summed E-state index contributed by atoms with van der Waals surface area (Å²) in [4.78, 5) is 6.68. The Hall–Kier alpha value is -1.64. The fraction of sp³-hybridized carbons (Fsp3) is 0.647. The average molecular weight is 303 g/mol. The first-order chi connectivity index (χ1) is 10.5. The van der Waals surface area contributed by atoms with Gasteiger partial charge in [-0.3, -0.25) is 0 Å². The summed E-state index contributed by atoms with van der Waals surface area (Å²) in [6.07, 6.45) is 1.86. The molecule has 2 heterocycles. The Morgan fingerprint density at radius 3 is 2.77 bits per heavy atom. The molecule has 2 rings (SSSR count). The van der Waals surface area contributed by atoms with E-state index < -0.39 is 11.5 Å². The van der Waals surface area contributed by atoms with E-state index in [0.29, 0.717) is 25.1 Å². The second kappa shape index (κ2) is 6.64. The predicted molar refractivity (Wildman–Crippen MR) is 85.7 cm³/mol. The largest absolute Gasteiger partial charge is 0.396 e. The summed E-state index contributed by atoms with van der Waals surface area (Å²) < 4.78 is 0. The zero-order valence-electron chi connectivity index (χ0n) is 13.6. The van der Waals surface area contributed by atoms with Gasteiger partial charge in [0.2, 0.25) is 0 Å². The summed E-state index contributed by atoms with van der Waals surface area (Å²) in [6.45, 7) is 7.12. The molecule has 22 heavy (non-hydrogen) atoms. The lowest BCUT2D eigenvalue weighted by molar-refractivity contribution is -0.0353. The van der Waals surface area contributed by atoms with E-state index in [-0.39, 0.29) is 6.61 Å². The smallest absolute Gasteiger partial charge is 0.129 e. The molecule has 0 amide bonds. The lowest BCUT2D eigenvalue weighted by Crippen LogP contribution is -2.54. The molecule has 5 heteroatoms. The summed E-state index contributed by atoms with van der Waals surface area (Å²) in [5, 5.41) is 29.4. The first-order valence-electron chi connectivity index (χ1n) is 7.89. The Morgan fingerprint density at radius 2 is 2.23 bits per heavy atom. The van der Waals surface area contributed by atoms with Crippen molar-refractivity contribution >= 4 is 5.82 Å². The molecule has 1 aliphatic rings. The summed E-state index contributed by atoms with van der Waals surface area (Å²) in [5.74, 6) is 0.829. The van der Waals surface area contributed by atoms with Crippen molar-refractivity contribution in [2.24, 2.45) is 5.41 Å². The summed E-state index contributed by atoms with van der Waals surface area (Å²) in [5.41, 5.74) is 1.79. The molecule has 1 saturated heterocycles. The quantitative estimate of drug-likeness (QED) is 0.888. The normalized spacial score (nSPS) is 25.1. The second-order valence-corrected chi connectivity index (χ2v) is 6.37. The highest BCUT2D eigenvalue weighted by Crippen LogP contribution is 2.36. The highest BCUT2D eigenvalue weighted by atomic mass is 16.3. The third-order valence-electron chi connectivity index (χ3n) is 4.77. The molecule has 0 spiro atoms. The fourth-order valence-electron chi connectivity index (χ4n) is 3.46. The Morgan fingerprint density at radius 1 is 1.50 bits per heavy atom. The van der Waals surface area contributed by atoms with Crippen LogP contribution in [0.25, 0.3) is 0 Å². The van der Waals surface area contributed by atoms with Crippen LogP contribution in [0, 0.1) is 30.6 Å². The molecule has 0 unspecified atom stereocenters. The van der Waals surface area contributed by atoms with Crippen molar-refractivity contribution < 1.29 is 10.2 Å². The van der Waals surface area contributed by atoms with Gasteiger partial charge in [0.1, 0.15) is 11.9 Å². The summed E-state index contributed by atoms with van der Waals surface area (Å²) in [7, 11) is 0. The number of aliphatic hydroxyl groups excluding tert-OH is 2. The minimum Gasteiger partial charge on any atom is -0.396 e. The molecule has 1 aliphatic heterocycles. The molecule has 0 bridgehead atoms. The molecule has 0 aliphatic carbocycles. The van der Waals surface area contributed by atoms with Crippen LogP contribution in [0.1, 0.15) is 43.0 Å². The number of nitriles is 1. The van der Waals surface area contributed by atoms with Crippen molar-refractivity contribution in [2.45, 2.75) is 46.1 Å². The van der Waals surface area contributed by atoms with Crippen molar-refractivity contribution in [2.75, 3.05) is 24.6 Å². The van der Waals surface area contributed by atoms with E-state index in [4.69, 9.17) is 5.26 Å². The van der Waals surface area contributed by atoms with Crippen LogP contribution in [0.4, 0.5) is 5.82 Å². The standard InChI is InChI=1S/C17H25N3O2/c1-4-6-17(11-21)10-20(7-5-15(17)22)16-8-12(2)14(9-18)13(3)19-16/h8,15,21-22H,4-7,10-11H2,1-3H3/t15-,17-/m0/s1. The molecular formula is C17H25N3O2. The third kappa shape index (κ3) is 2.94. The van der Waals surface area contributed by atoms with Crippen molar-refractivity contribution in [3.63, 3.8) is 0 Å². The first kappa shape index (κ1) is 16.7. The monoisotopic (exact) mass is 303 g/mol. The van der Waals surface area contributed by atoms with Gasteiger partial charge in [-0.25, -0.2) is 4.98 Å². The maximum atomic E-state index is 10.4. The van der Waals surface area contributed by atoms with E-state index in [1.54, 1.807) is 0 Å². The first-order valence-corrected chi connectivity index (χ1v) is 7.89. The van der Waals surface area contributed by atoms with Crippen LogP contribution in [-0.2, 0) is 0 Å². The van der Waals surface area contributed by atoms with Gasteiger partial charge in [-0.05, 0) is 38.3 Å². The van der Waals surface area contributed by atoms with Gasteiger partial charge < -0.3 is 15.1 Å². The van der Waals surface area contributed by atoms with Gasteiger partial charge in [-0.15, -0.1) is 0 Å². The molecule has 5 nitrogen and oxygen atoms in total. The Balaban J connectivity index is 2.32. The van der Waals surface area contributed by atoms with Gasteiger partial charge in [-0.2, -0.15) is 5.26 Å². The molecule has 0 saturated carbocycles. The second-order valence-electron chi connectivity index (χ2n) is 6.37. The third-order valence-corrected chi connectivity index (χ3v) is 4.77. The Kier molecular flexibility index (Phi) is 5.05. The molecular weight excluding hydrogens is 278 g/mol. The fourth-order valence-corrected chi connectivity index (χ4v) is 3.46. The lowest BCUT2D eigenvalue weighted by atomic mass is 9.74. The Labute approximate surface area is 132 Å².